The van der Waals surface area contributed by atoms with Gasteiger partial charge in [-0.15, -0.1) is 5.10 Å². The van der Waals surface area contributed by atoms with Gasteiger partial charge < -0.3 is 10.2 Å². The van der Waals surface area contributed by atoms with E-state index in [9.17, 15) is 4.79 Å². The Morgan fingerprint density at radius 2 is 2.08 bits per heavy atom. The largest absolute Gasteiger partial charge is 0.385 e. The molecular weight excluding hydrogens is 328 g/mol. The van der Waals surface area contributed by atoms with Crippen molar-refractivity contribution in [1.82, 2.24) is 20.5 Å². The molecule has 0 fully saturated rings. The van der Waals surface area contributed by atoms with Gasteiger partial charge in [-0.1, -0.05) is 53.7 Å². The molecule has 1 heterocycles. The predicted molar refractivity (Wildman–Crippen MR) is 91.9 cm³/mol. The number of carbonyl (C=O) groups excluding carboxylic acids is 1. The third kappa shape index (κ3) is 3.83. The second-order valence-electron chi connectivity index (χ2n) is 5.48. The molecule has 1 amide bonds. The average molecular weight is 345 g/mol. The zero-order valence-corrected chi connectivity index (χ0v) is 13.9. The molecule has 0 radical (unpaired) electrons. The molecule has 1 atom stereocenters. The minimum Gasteiger partial charge on any atom is -0.385 e. The number of hydrogen-bond donors (Lipinski definition) is 1. The van der Waals surface area contributed by atoms with Crippen molar-refractivity contribution in [3.8, 4) is 0 Å². The summed E-state index contributed by atoms with van der Waals surface area (Å²) in [6.45, 7) is 2.45. The number of carbonyl (C=O) groups is 1. The molecule has 1 N–H and O–H groups in total. The lowest BCUT2D eigenvalue weighted by molar-refractivity contribution is -0.126. The predicted octanol–water partition coefficient (Wildman–Crippen LogP) is 2.43. The van der Waals surface area contributed by atoms with Gasteiger partial charge in [-0.2, -0.15) is 0 Å². The standard InChI is InChI=1S/C17H17ClN4O2/c1-12(13-5-3-2-4-6-13)10-19-17(23)11-24-22-16-9-14(18)7-8-15(16)20-21-22/h2-9,12H,10-11H2,1H3,(H,19,23)/t12-/m0/s1. The molecule has 0 bridgehead atoms. The van der Waals surface area contributed by atoms with Crippen molar-refractivity contribution in [3.05, 3.63) is 59.1 Å². The molecule has 3 aromatic rings. The Bertz CT molecular complexity index is 835. The summed E-state index contributed by atoms with van der Waals surface area (Å²) in [6, 6.07) is 15.2. The molecule has 6 nitrogen and oxygen atoms in total. The Balaban J connectivity index is 1.53. The summed E-state index contributed by atoms with van der Waals surface area (Å²) in [7, 11) is 0. The van der Waals surface area contributed by atoms with Crippen LogP contribution in [0.4, 0.5) is 0 Å². The minimum absolute atomic E-state index is 0.146. The first-order valence-electron chi connectivity index (χ1n) is 7.59. The van der Waals surface area contributed by atoms with E-state index in [1.54, 1.807) is 18.2 Å². The van der Waals surface area contributed by atoms with Crippen molar-refractivity contribution < 1.29 is 9.63 Å². The summed E-state index contributed by atoms with van der Waals surface area (Å²) in [5.41, 5.74) is 2.45. The summed E-state index contributed by atoms with van der Waals surface area (Å²) in [5, 5.41) is 11.2. The molecule has 7 heteroatoms. The lowest BCUT2D eigenvalue weighted by Gasteiger charge is -2.13. The fourth-order valence-corrected chi connectivity index (χ4v) is 2.47. The van der Waals surface area contributed by atoms with E-state index in [0.29, 0.717) is 22.6 Å². The summed E-state index contributed by atoms with van der Waals surface area (Å²) >= 11 is 5.95. The first-order valence-corrected chi connectivity index (χ1v) is 7.97. The van der Waals surface area contributed by atoms with Crippen LogP contribution in [0.5, 0.6) is 0 Å². The van der Waals surface area contributed by atoms with E-state index >= 15 is 0 Å². The SMILES string of the molecule is C[C@@H](CNC(=O)COn1nnc2ccc(Cl)cc21)c1ccccc1. The molecule has 0 saturated carbocycles. The highest BCUT2D eigenvalue weighted by Crippen LogP contribution is 2.16. The highest BCUT2D eigenvalue weighted by Gasteiger charge is 2.10. The number of benzene rings is 2. The average Bonchev–Trinajstić information content (AvgIpc) is 3.00. The molecule has 1 aromatic heterocycles. The number of amides is 1. The number of nitrogens with one attached hydrogen (secondary N) is 1. The van der Waals surface area contributed by atoms with Crippen LogP contribution in [0.1, 0.15) is 18.4 Å². The van der Waals surface area contributed by atoms with Crippen molar-refractivity contribution in [2.45, 2.75) is 12.8 Å². The highest BCUT2D eigenvalue weighted by molar-refractivity contribution is 6.31. The lowest BCUT2D eigenvalue weighted by atomic mass is 10.0. The van der Waals surface area contributed by atoms with Crippen molar-refractivity contribution >= 4 is 28.5 Å². The maximum absolute atomic E-state index is 12.0. The van der Waals surface area contributed by atoms with Crippen molar-refractivity contribution in [3.63, 3.8) is 0 Å². The van der Waals surface area contributed by atoms with Crippen LogP contribution >= 0.6 is 11.6 Å². The van der Waals surface area contributed by atoms with Crippen molar-refractivity contribution in [2.75, 3.05) is 13.2 Å². The number of halogens is 1. The second-order valence-corrected chi connectivity index (χ2v) is 5.92. The van der Waals surface area contributed by atoms with E-state index in [4.69, 9.17) is 16.4 Å². The van der Waals surface area contributed by atoms with Crippen LogP contribution in [0.15, 0.2) is 48.5 Å². The van der Waals surface area contributed by atoms with Gasteiger partial charge in [0.05, 0.1) is 0 Å². The molecule has 3 rings (SSSR count). The lowest BCUT2D eigenvalue weighted by Crippen LogP contribution is -2.34. The Hall–Kier alpha value is -2.60. The molecule has 2 aromatic carbocycles. The quantitative estimate of drug-likeness (QED) is 0.745. The summed E-state index contributed by atoms with van der Waals surface area (Å²) in [6.07, 6.45) is 0. The van der Waals surface area contributed by atoms with Gasteiger partial charge in [0.2, 0.25) is 0 Å². The van der Waals surface area contributed by atoms with Gasteiger partial charge in [-0.05, 0) is 34.9 Å². The molecule has 0 aliphatic rings. The first-order chi connectivity index (χ1) is 11.6. The smallest absolute Gasteiger partial charge is 0.260 e. The van der Waals surface area contributed by atoms with E-state index in [2.05, 4.69) is 22.6 Å². The molecular formula is C17H17ClN4O2. The fourth-order valence-electron chi connectivity index (χ4n) is 2.30. The number of rotatable bonds is 6. The van der Waals surface area contributed by atoms with E-state index < -0.39 is 0 Å². The summed E-state index contributed by atoms with van der Waals surface area (Å²) in [4.78, 5) is 18.5. The van der Waals surface area contributed by atoms with Crippen LogP contribution in [0.25, 0.3) is 11.0 Å². The van der Waals surface area contributed by atoms with Gasteiger partial charge in [0.1, 0.15) is 11.0 Å². The number of nitrogens with zero attached hydrogens (tertiary/aromatic N) is 3. The van der Waals surface area contributed by atoms with Crippen LogP contribution in [-0.4, -0.2) is 34.2 Å². The topological polar surface area (TPSA) is 69.0 Å². The van der Waals surface area contributed by atoms with Crippen LogP contribution in [-0.2, 0) is 4.79 Å². The molecule has 0 unspecified atom stereocenters. The van der Waals surface area contributed by atoms with E-state index in [0.717, 1.165) is 0 Å². The van der Waals surface area contributed by atoms with Gasteiger partial charge >= 0.3 is 0 Å². The van der Waals surface area contributed by atoms with E-state index in [1.165, 1.54) is 10.4 Å². The molecule has 0 saturated heterocycles. The van der Waals surface area contributed by atoms with Crippen LogP contribution in [0.2, 0.25) is 5.02 Å². The Kier molecular flexibility index (Phi) is 4.96. The Morgan fingerprint density at radius 1 is 1.29 bits per heavy atom. The summed E-state index contributed by atoms with van der Waals surface area (Å²) < 4.78 is 0. The van der Waals surface area contributed by atoms with E-state index in [-0.39, 0.29) is 18.4 Å². The minimum atomic E-state index is -0.219. The Labute approximate surface area is 144 Å². The van der Waals surface area contributed by atoms with Gasteiger partial charge in [-0.25, -0.2) is 0 Å². The summed E-state index contributed by atoms with van der Waals surface area (Å²) in [5.74, 6) is 0.00427. The molecule has 124 valence electrons. The second kappa shape index (κ2) is 7.31. The van der Waals surface area contributed by atoms with Crippen molar-refractivity contribution in [2.24, 2.45) is 0 Å². The maximum atomic E-state index is 12.0. The zero-order chi connectivity index (χ0) is 16.9. The third-order valence-corrected chi connectivity index (χ3v) is 3.90. The third-order valence-electron chi connectivity index (χ3n) is 3.67. The van der Waals surface area contributed by atoms with Gasteiger partial charge in [0.25, 0.3) is 5.91 Å². The first kappa shape index (κ1) is 16.3. The molecule has 0 spiro atoms. The zero-order valence-electron chi connectivity index (χ0n) is 13.1. The number of aromatic nitrogens is 3. The highest BCUT2D eigenvalue weighted by atomic mass is 35.5. The number of fused-ring (bicyclic) bond motifs is 1. The molecule has 24 heavy (non-hydrogen) atoms. The fraction of sp³-hybridized carbons (Fsp3) is 0.235. The van der Waals surface area contributed by atoms with Crippen molar-refractivity contribution in [1.29, 1.82) is 0 Å². The van der Waals surface area contributed by atoms with Crippen LogP contribution < -0.4 is 10.2 Å². The number of hydrogen-bond acceptors (Lipinski definition) is 4. The monoisotopic (exact) mass is 344 g/mol. The van der Waals surface area contributed by atoms with Gasteiger partial charge in [0.15, 0.2) is 6.61 Å². The normalized spacial score (nSPS) is 12.1. The Morgan fingerprint density at radius 3 is 2.88 bits per heavy atom. The van der Waals surface area contributed by atoms with E-state index in [1.807, 2.05) is 30.3 Å². The van der Waals surface area contributed by atoms with Crippen LogP contribution in [0, 0.1) is 0 Å². The van der Waals surface area contributed by atoms with Gasteiger partial charge in [-0.3, -0.25) is 4.79 Å². The maximum Gasteiger partial charge on any atom is 0.260 e. The molecule has 0 aliphatic heterocycles. The van der Waals surface area contributed by atoms with Gasteiger partial charge in [0, 0.05) is 11.6 Å². The molecule has 0 aliphatic carbocycles. The van der Waals surface area contributed by atoms with Crippen LogP contribution in [0.3, 0.4) is 0 Å².